The Kier molecular flexibility index (Phi) is 5.47. The smallest absolute Gasteiger partial charge is 0.271 e. The molecule has 2 aromatic carbocycles. The second kappa shape index (κ2) is 7.54. The Bertz CT molecular complexity index is 791. The lowest BCUT2D eigenvalue weighted by molar-refractivity contribution is 0.0954. The fourth-order valence-corrected chi connectivity index (χ4v) is 1.96. The van der Waals surface area contributed by atoms with Crippen molar-refractivity contribution in [2.75, 3.05) is 14.2 Å². The van der Waals surface area contributed by atoms with Crippen molar-refractivity contribution in [1.82, 2.24) is 5.43 Å². The number of rotatable bonds is 5. The minimum atomic E-state index is -0.978. The van der Waals surface area contributed by atoms with Gasteiger partial charge in [-0.15, -0.1) is 0 Å². The molecule has 0 aromatic heterocycles. The van der Waals surface area contributed by atoms with Crippen molar-refractivity contribution >= 4 is 11.6 Å². The van der Waals surface area contributed by atoms with Crippen molar-refractivity contribution < 1.29 is 23.0 Å². The third kappa shape index (κ3) is 3.87. The second-order valence-electron chi connectivity index (χ2n) is 4.84. The van der Waals surface area contributed by atoms with Gasteiger partial charge in [-0.05, 0) is 43.3 Å². The van der Waals surface area contributed by atoms with E-state index in [2.05, 4.69) is 10.5 Å². The first-order chi connectivity index (χ1) is 11.5. The van der Waals surface area contributed by atoms with E-state index in [0.29, 0.717) is 28.3 Å². The summed E-state index contributed by atoms with van der Waals surface area (Å²) in [6.45, 7) is 1.57. The van der Waals surface area contributed by atoms with Gasteiger partial charge < -0.3 is 9.47 Å². The summed E-state index contributed by atoms with van der Waals surface area (Å²) in [4.78, 5) is 12.1. The Morgan fingerprint density at radius 3 is 2.25 bits per heavy atom. The highest BCUT2D eigenvalue weighted by molar-refractivity contribution is 6.01. The number of ether oxygens (including phenoxy) is 2. The van der Waals surface area contributed by atoms with Crippen LogP contribution in [0.15, 0.2) is 41.5 Å². The maximum Gasteiger partial charge on any atom is 0.271 e. The third-order valence-electron chi connectivity index (χ3n) is 3.31. The van der Waals surface area contributed by atoms with Crippen LogP contribution in [0.2, 0.25) is 0 Å². The molecule has 0 aliphatic rings. The van der Waals surface area contributed by atoms with Crippen LogP contribution in [0.25, 0.3) is 0 Å². The number of nitrogens with one attached hydrogen (secondary N) is 1. The van der Waals surface area contributed by atoms with Crippen LogP contribution in [0, 0.1) is 11.6 Å². The lowest BCUT2D eigenvalue weighted by Gasteiger charge is -2.09. The van der Waals surface area contributed by atoms with Crippen molar-refractivity contribution in [1.29, 1.82) is 0 Å². The molecule has 0 heterocycles. The van der Waals surface area contributed by atoms with Crippen molar-refractivity contribution in [3.63, 3.8) is 0 Å². The first-order valence-electron chi connectivity index (χ1n) is 6.98. The quantitative estimate of drug-likeness (QED) is 0.675. The number of hydrogen-bond donors (Lipinski definition) is 1. The molecule has 0 aliphatic carbocycles. The van der Waals surface area contributed by atoms with Crippen LogP contribution in [0.4, 0.5) is 8.78 Å². The summed E-state index contributed by atoms with van der Waals surface area (Å²) in [5.41, 5.74) is 3.37. The van der Waals surface area contributed by atoms with Crippen molar-refractivity contribution in [3.05, 3.63) is 59.2 Å². The van der Waals surface area contributed by atoms with E-state index in [9.17, 15) is 13.6 Å². The van der Waals surface area contributed by atoms with E-state index in [4.69, 9.17) is 9.47 Å². The summed E-state index contributed by atoms with van der Waals surface area (Å²) in [5.74, 6) is -1.49. The SMILES string of the molecule is COc1ccc(C(=O)N/N=C(/C)c2ccc(F)c(F)c2)cc1OC. The Morgan fingerprint density at radius 1 is 0.958 bits per heavy atom. The molecule has 1 amide bonds. The Balaban J connectivity index is 2.15. The number of carbonyl (C=O) groups is 1. The van der Waals surface area contributed by atoms with Crippen molar-refractivity contribution in [2.45, 2.75) is 6.92 Å². The third-order valence-corrected chi connectivity index (χ3v) is 3.31. The van der Waals surface area contributed by atoms with Crippen LogP contribution >= 0.6 is 0 Å². The van der Waals surface area contributed by atoms with Crippen LogP contribution in [0.5, 0.6) is 11.5 Å². The van der Waals surface area contributed by atoms with Gasteiger partial charge >= 0.3 is 0 Å². The Hall–Kier alpha value is -2.96. The first-order valence-corrected chi connectivity index (χ1v) is 6.98. The highest BCUT2D eigenvalue weighted by Gasteiger charge is 2.11. The van der Waals surface area contributed by atoms with Gasteiger partial charge in [0.15, 0.2) is 23.1 Å². The number of halogens is 2. The monoisotopic (exact) mass is 334 g/mol. The van der Waals surface area contributed by atoms with Crippen LogP contribution in [0.3, 0.4) is 0 Å². The van der Waals surface area contributed by atoms with E-state index in [1.54, 1.807) is 19.1 Å². The molecule has 0 spiro atoms. The van der Waals surface area contributed by atoms with Crippen molar-refractivity contribution in [3.8, 4) is 11.5 Å². The van der Waals surface area contributed by atoms with Crippen LogP contribution in [-0.2, 0) is 0 Å². The van der Waals surface area contributed by atoms with E-state index >= 15 is 0 Å². The molecular weight excluding hydrogens is 318 g/mol. The highest BCUT2D eigenvalue weighted by atomic mass is 19.2. The lowest BCUT2D eigenvalue weighted by Crippen LogP contribution is -2.19. The summed E-state index contributed by atoms with van der Waals surface area (Å²) < 4.78 is 36.4. The van der Waals surface area contributed by atoms with Gasteiger partial charge in [0.25, 0.3) is 5.91 Å². The number of nitrogens with zero attached hydrogens (tertiary/aromatic N) is 1. The first kappa shape index (κ1) is 17.4. The summed E-state index contributed by atoms with van der Waals surface area (Å²) >= 11 is 0. The Morgan fingerprint density at radius 2 is 1.62 bits per heavy atom. The molecule has 24 heavy (non-hydrogen) atoms. The van der Waals surface area contributed by atoms with Crippen LogP contribution in [-0.4, -0.2) is 25.8 Å². The van der Waals surface area contributed by atoms with Crippen molar-refractivity contribution in [2.24, 2.45) is 5.10 Å². The van der Waals surface area contributed by atoms with E-state index < -0.39 is 17.5 Å². The zero-order valence-corrected chi connectivity index (χ0v) is 13.4. The molecule has 5 nitrogen and oxygen atoms in total. The van der Waals surface area contributed by atoms with Crippen LogP contribution in [0.1, 0.15) is 22.8 Å². The number of hydrogen-bond acceptors (Lipinski definition) is 4. The average Bonchev–Trinajstić information content (AvgIpc) is 2.60. The summed E-state index contributed by atoms with van der Waals surface area (Å²) in [7, 11) is 2.96. The number of amides is 1. The van der Waals surface area contributed by atoms with Gasteiger partial charge in [0, 0.05) is 11.1 Å². The minimum absolute atomic E-state index is 0.314. The van der Waals surface area contributed by atoms with E-state index in [0.717, 1.165) is 12.1 Å². The standard InChI is InChI=1S/C17H16F2N2O3/c1-10(11-4-6-13(18)14(19)8-11)20-21-17(22)12-5-7-15(23-2)16(9-12)24-3/h4-9H,1-3H3,(H,21,22)/b20-10-. The zero-order chi connectivity index (χ0) is 17.7. The molecule has 2 rings (SSSR count). The molecule has 0 fully saturated rings. The molecule has 0 atom stereocenters. The molecule has 0 saturated heterocycles. The molecule has 126 valence electrons. The number of hydrazone groups is 1. The molecule has 0 unspecified atom stereocenters. The van der Waals surface area contributed by atoms with Gasteiger partial charge in [0.1, 0.15) is 0 Å². The predicted molar refractivity (Wildman–Crippen MR) is 85.6 cm³/mol. The number of carbonyl (C=O) groups excluding carboxylic acids is 1. The fourth-order valence-electron chi connectivity index (χ4n) is 1.96. The number of methoxy groups -OCH3 is 2. The molecular formula is C17H16F2N2O3. The maximum absolute atomic E-state index is 13.2. The van der Waals surface area contributed by atoms with E-state index in [1.807, 2.05) is 0 Å². The molecule has 0 saturated carbocycles. The lowest BCUT2D eigenvalue weighted by atomic mass is 10.1. The fraction of sp³-hybridized carbons (Fsp3) is 0.176. The van der Waals surface area contributed by atoms with E-state index in [-0.39, 0.29) is 0 Å². The second-order valence-corrected chi connectivity index (χ2v) is 4.84. The van der Waals surface area contributed by atoms with Gasteiger partial charge in [-0.25, -0.2) is 14.2 Å². The summed E-state index contributed by atoms with van der Waals surface area (Å²) in [6, 6.07) is 8.05. The van der Waals surface area contributed by atoms with E-state index in [1.165, 1.54) is 26.4 Å². The number of benzene rings is 2. The Labute approximate surface area is 137 Å². The zero-order valence-electron chi connectivity index (χ0n) is 13.4. The maximum atomic E-state index is 13.2. The molecule has 0 aliphatic heterocycles. The minimum Gasteiger partial charge on any atom is -0.493 e. The van der Waals surface area contributed by atoms with Gasteiger partial charge in [-0.3, -0.25) is 4.79 Å². The summed E-state index contributed by atoms with van der Waals surface area (Å²) in [5, 5.41) is 3.90. The molecule has 1 N–H and O–H groups in total. The molecule has 2 aromatic rings. The average molecular weight is 334 g/mol. The predicted octanol–water partition coefficient (Wildman–Crippen LogP) is 3.14. The molecule has 0 radical (unpaired) electrons. The normalized spacial score (nSPS) is 11.1. The van der Waals surface area contributed by atoms with Gasteiger partial charge in [-0.2, -0.15) is 5.10 Å². The summed E-state index contributed by atoms with van der Waals surface area (Å²) in [6.07, 6.45) is 0. The highest BCUT2D eigenvalue weighted by Crippen LogP contribution is 2.27. The largest absolute Gasteiger partial charge is 0.493 e. The topological polar surface area (TPSA) is 59.9 Å². The van der Waals surface area contributed by atoms with Gasteiger partial charge in [-0.1, -0.05) is 0 Å². The molecule has 0 bridgehead atoms. The van der Waals surface area contributed by atoms with Gasteiger partial charge in [0.2, 0.25) is 0 Å². The van der Waals surface area contributed by atoms with Crippen LogP contribution < -0.4 is 14.9 Å². The van der Waals surface area contributed by atoms with Gasteiger partial charge in [0.05, 0.1) is 19.9 Å². The molecule has 7 heteroatoms.